The van der Waals surface area contributed by atoms with Gasteiger partial charge < -0.3 is 9.47 Å². The molecule has 0 aliphatic carbocycles. The van der Waals surface area contributed by atoms with Gasteiger partial charge in [0.1, 0.15) is 5.75 Å². The first-order valence-corrected chi connectivity index (χ1v) is 6.14. The molecule has 0 aliphatic rings. The monoisotopic (exact) mass is 262 g/mol. The van der Waals surface area contributed by atoms with Gasteiger partial charge in [0.15, 0.2) is 6.79 Å². The highest BCUT2D eigenvalue weighted by atomic mass is 35.5. The minimum absolute atomic E-state index is 0.218. The zero-order valence-electron chi connectivity index (χ0n) is 10.2. The Bertz CT molecular complexity index is 497. The summed E-state index contributed by atoms with van der Waals surface area (Å²) >= 11 is 5.90. The third-order valence-electron chi connectivity index (χ3n) is 2.56. The molecule has 0 radical (unpaired) electrons. The Kier molecular flexibility index (Phi) is 4.62. The van der Waals surface area contributed by atoms with Gasteiger partial charge in [0.25, 0.3) is 0 Å². The van der Waals surface area contributed by atoms with E-state index in [0.29, 0.717) is 11.6 Å². The minimum Gasteiger partial charge on any atom is -0.467 e. The number of hydrogen-bond acceptors (Lipinski definition) is 2. The van der Waals surface area contributed by atoms with Crippen LogP contribution in [0.5, 0.6) is 5.75 Å². The first-order chi connectivity index (χ1) is 8.75. The maximum atomic E-state index is 5.90. The van der Waals surface area contributed by atoms with Crippen molar-refractivity contribution in [2.24, 2.45) is 0 Å². The van der Waals surface area contributed by atoms with Crippen LogP contribution in [0.25, 0.3) is 0 Å². The second kappa shape index (κ2) is 6.43. The lowest BCUT2D eigenvalue weighted by Gasteiger charge is -2.10. The van der Waals surface area contributed by atoms with Gasteiger partial charge in [-0.2, -0.15) is 0 Å². The number of ether oxygens (including phenoxy) is 2. The second-order valence-electron chi connectivity index (χ2n) is 4.01. The predicted molar refractivity (Wildman–Crippen MR) is 72.9 cm³/mol. The molecule has 18 heavy (non-hydrogen) atoms. The molecule has 0 heterocycles. The fourth-order valence-corrected chi connectivity index (χ4v) is 1.73. The van der Waals surface area contributed by atoms with Crippen LogP contribution in [0, 0.1) is 6.92 Å². The van der Waals surface area contributed by atoms with Crippen molar-refractivity contribution in [1.29, 1.82) is 0 Å². The summed E-state index contributed by atoms with van der Waals surface area (Å²) in [4.78, 5) is 0. The Hall–Kier alpha value is -1.51. The highest BCUT2D eigenvalue weighted by molar-refractivity contribution is 6.30. The number of benzene rings is 2. The lowest BCUT2D eigenvalue weighted by atomic mass is 10.2. The zero-order chi connectivity index (χ0) is 12.8. The van der Waals surface area contributed by atoms with Crippen LogP contribution in [-0.4, -0.2) is 6.79 Å². The number of rotatable bonds is 5. The molecule has 2 aromatic rings. The van der Waals surface area contributed by atoms with Gasteiger partial charge in [-0.05, 0) is 30.2 Å². The van der Waals surface area contributed by atoms with Gasteiger partial charge in [-0.1, -0.05) is 48.0 Å². The maximum absolute atomic E-state index is 5.90. The summed E-state index contributed by atoms with van der Waals surface area (Å²) in [7, 11) is 0. The summed E-state index contributed by atoms with van der Waals surface area (Å²) in [5, 5.41) is 0.665. The Morgan fingerprint density at radius 2 is 1.83 bits per heavy atom. The van der Waals surface area contributed by atoms with Crippen LogP contribution in [0.4, 0.5) is 0 Å². The number of hydrogen-bond donors (Lipinski definition) is 0. The van der Waals surface area contributed by atoms with Crippen LogP contribution in [0.2, 0.25) is 5.02 Å². The van der Waals surface area contributed by atoms with Gasteiger partial charge in [0.05, 0.1) is 6.61 Å². The molecule has 2 nitrogen and oxygen atoms in total. The fourth-order valence-electron chi connectivity index (χ4n) is 1.57. The number of aryl methyl sites for hydroxylation is 1. The van der Waals surface area contributed by atoms with E-state index < -0.39 is 0 Å². The molecular weight excluding hydrogens is 248 g/mol. The van der Waals surface area contributed by atoms with Crippen LogP contribution in [0.3, 0.4) is 0 Å². The molecule has 0 saturated carbocycles. The quantitative estimate of drug-likeness (QED) is 0.594. The molecule has 3 heteroatoms. The molecule has 0 atom stereocenters. The minimum atomic E-state index is 0.218. The molecule has 94 valence electrons. The molecule has 0 aliphatic heterocycles. The molecule has 0 bridgehead atoms. The Morgan fingerprint density at radius 3 is 2.61 bits per heavy atom. The lowest BCUT2D eigenvalue weighted by Crippen LogP contribution is -2.03. The lowest BCUT2D eigenvalue weighted by molar-refractivity contribution is 0.00469. The van der Waals surface area contributed by atoms with Gasteiger partial charge in [0, 0.05) is 5.02 Å². The van der Waals surface area contributed by atoms with Crippen molar-refractivity contribution in [1.82, 2.24) is 0 Å². The van der Waals surface area contributed by atoms with E-state index in [4.69, 9.17) is 21.1 Å². The molecular formula is C15H15ClO2. The molecule has 2 rings (SSSR count). The van der Waals surface area contributed by atoms with Crippen LogP contribution in [0.1, 0.15) is 11.1 Å². The van der Waals surface area contributed by atoms with Crippen molar-refractivity contribution in [2.45, 2.75) is 13.5 Å². The van der Waals surface area contributed by atoms with Crippen LogP contribution < -0.4 is 4.74 Å². The third kappa shape index (κ3) is 3.76. The van der Waals surface area contributed by atoms with Crippen molar-refractivity contribution >= 4 is 11.6 Å². The van der Waals surface area contributed by atoms with Crippen molar-refractivity contribution < 1.29 is 9.47 Å². The van der Waals surface area contributed by atoms with Crippen molar-refractivity contribution in [3.8, 4) is 5.75 Å². The number of halogens is 1. The largest absolute Gasteiger partial charge is 0.467 e. The predicted octanol–water partition coefficient (Wildman–Crippen LogP) is 4.20. The molecule has 0 amide bonds. The van der Waals surface area contributed by atoms with Crippen molar-refractivity contribution in [3.05, 3.63) is 64.7 Å². The summed E-state index contributed by atoms with van der Waals surface area (Å²) in [6.45, 7) is 2.74. The van der Waals surface area contributed by atoms with E-state index in [2.05, 4.69) is 0 Å². The first-order valence-electron chi connectivity index (χ1n) is 5.76. The van der Waals surface area contributed by atoms with E-state index in [9.17, 15) is 0 Å². The normalized spacial score (nSPS) is 10.3. The van der Waals surface area contributed by atoms with E-state index in [-0.39, 0.29) is 6.79 Å². The summed E-state index contributed by atoms with van der Waals surface area (Å²) in [5.41, 5.74) is 2.17. The molecule has 0 saturated heterocycles. The van der Waals surface area contributed by atoms with Crippen molar-refractivity contribution in [2.75, 3.05) is 6.79 Å². The van der Waals surface area contributed by atoms with Crippen molar-refractivity contribution in [3.63, 3.8) is 0 Å². The molecule has 0 unspecified atom stereocenters. The summed E-state index contributed by atoms with van der Waals surface area (Å²) < 4.78 is 11.0. The van der Waals surface area contributed by atoms with Gasteiger partial charge in [0.2, 0.25) is 0 Å². The third-order valence-corrected chi connectivity index (χ3v) is 2.79. The average molecular weight is 263 g/mol. The molecule has 0 aromatic heterocycles. The molecule has 0 N–H and O–H groups in total. The maximum Gasteiger partial charge on any atom is 0.189 e. The van der Waals surface area contributed by atoms with Gasteiger partial charge in [-0.15, -0.1) is 0 Å². The highest BCUT2D eigenvalue weighted by Crippen LogP contribution is 2.22. The van der Waals surface area contributed by atoms with Crippen LogP contribution >= 0.6 is 11.6 Å². The van der Waals surface area contributed by atoms with Crippen LogP contribution in [0.15, 0.2) is 48.5 Å². The zero-order valence-corrected chi connectivity index (χ0v) is 11.0. The van der Waals surface area contributed by atoms with Crippen LogP contribution in [-0.2, 0) is 11.3 Å². The van der Waals surface area contributed by atoms with Gasteiger partial charge in [-0.3, -0.25) is 0 Å². The molecule has 0 spiro atoms. The fraction of sp³-hybridized carbons (Fsp3) is 0.200. The summed E-state index contributed by atoms with van der Waals surface area (Å²) in [6, 6.07) is 15.6. The highest BCUT2D eigenvalue weighted by Gasteiger charge is 2.00. The van der Waals surface area contributed by atoms with E-state index in [1.807, 2.05) is 49.4 Å². The SMILES string of the molecule is Cc1ccc(Cl)cc1OCOCc1ccccc1. The Morgan fingerprint density at radius 1 is 1.06 bits per heavy atom. The first kappa shape index (κ1) is 12.9. The molecule has 2 aromatic carbocycles. The standard InChI is InChI=1S/C15H15ClO2/c1-12-7-8-14(16)9-15(12)18-11-17-10-13-5-3-2-4-6-13/h2-9H,10-11H2,1H3. The van der Waals surface area contributed by atoms with E-state index >= 15 is 0 Å². The van der Waals surface area contributed by atoms with E-state index in [1.54, 1.807) is 6.07 Å². The molecule has 0 fully saturated rings. The Balaban J connectivity index is 1.80. The smallest absolute Gasteiger partial charge is 0.189 e. The summed E-state index contributed by atoms with van der Waals surface area (Å²) in [5.74, 6) is 0.760. The summed E-state index contributed by atoms with van der Waals surface area (Å²) in [6.07, 6.45) is 0. The second-order valence-corrected chi connectivity index (χ2v) is 4.44. The van der Waals surface area contributed by atoms with Gasteiger partial charge in [-0.25, -0.2) is 0 Å². The van der Waals surface area contributed by atoms with E-state index in [0.717, 1.165) is 16.9 Å². The Labute approximate surface area is 112 Å². The van der Waals surface area contributed by atoms with E-state index in [1.165, 1.54) is 0 Å². The van der Waals surface area contributed by atoms with Gasteiger partial charge >= 0.3 is 0 Å². The average Bonchev–Trinajstić information content (AvgIpc) is 2.40. The topological polar surface area (TPSA) is 18.5 Å².